The lowest BCUT2D eigenvalue weighted by Crippen LogP contribution is -2.28. The number of anilines is 8. The van der Waals surface area contributed by atoms with E-state index >= 15 is 0 Å². The fourth-order valence-electron chi connectivity index (χ4n) is 4.76. The summed E-state index contributed by atoms with van der Waals surface area (Å²) in [7, 11) is 6.57. The Balaban J connectivity index is 1.80. The molecular formula is C29H34ClN7Si. The number of nitrogens with zero attached hydrogens (tertiary/aromatic N) is 7. The number of aromatic nitrogens is 3. The van der Waals surface area contributed by atoms with E-state index in [4.69, 9.17) is 26.6 Å². The largest absolute Gasteiger partial charge is 0.329 e. The molecule has 0 saturated heterocycles. The molecule has 196 valence electrons. The highest BCUT2D eigenvalue weighted by Gasteiger charge is 2.25. The molecule has 0 saturated carbocycles. The van der Waals surface area contributed by atoms with Crippen LogP contribution in [0.2, 0.25) is 24.7 Å². The third kappa shape index (κ3) is 5.06. The Morgan fingerprint density at radius 3 is 1.21 bits per heavy atom. The molecule has 3 aromatic heterocycles. The minimum atomic E-state index is -1.53. The summed E-state index contributed by atoms with van der Waals surface area (Å²) in [5.41, 5.74) is 3.35. The van der Waals surface area contributed by atoms with E-state index in [-0.39, 0.29) is 0 Å². The smallest absolute Gasteiger partial charge is 0.136 e. The molecule has 1 aliphatic heterocycles. The fourth-order valence-corrected chi connectivity index (χ4v) is 6.39. The van der Waals surface area contributed by atoms with Gasteiger partial charge in [-0.25, -0.2) is 15.0 Å². The lowest BCUT2D eigenvalue weighted by atomic mass is 10.1. The average Bonchev–Trinajstić information content (AvgIpc) is 2.91. The number of hydrogen-bond acceptors (Lipinski definition) is 7. The molecule has 1 aromatic carbocycles. The molecule has 7 nitrogen and oxygen atoms in total. The van der Waals surface area contributed by atoms with E-state index in [1.807, 2.05) is 78.5 Å². The molecule has 0 unspecified atom stereocenters. The van der Waals surface area contributed by atoms with E-state index < -0.39 is 8.07 Å². The van der Waals surface area contributed by atoms with Crippen LogP contribution in [0.4, 0.5) is 46.3 Å². The van der Waals surface area contributed by atoms with Crippen LogP contribution in [0, 0.1) is 0 Å². The first-order valence-electron chi connectivity index (χ1n) is 12.7. The van der Waals surface area contributed by atoms with Crippen LogP contribution in [0.3, 0.4) is 0 Å². The maximum absolute atomic E-state index is 6.79. The van der Waals surface area contributed by atoms with Gasteiger partial charge in [-0.2, -0.15) is 0 Å². The van der Waals surface area contributed by atoms with Gasteiger partial charge >= 0.3 is 0 Å². The van der Waals surface area contributed by atoms with Gasteiger partial charge in [0.25, 0.3) is 0 Å². The van der Waals surface area contributed by atoms with E-state index in [9.17, 15) is 0 Å². The van der Waals surface area contributed by atoms with Crippen molar-refractivity contribution in [3.05, 3.63) is 77.3 Å². The number of pyridine rings is 3. The van der Waals surface area contributed by atoms with Crippen molar-refractivity contribution in [2.45, 2.75) is 25.7 Å². The Kier molecular flexibility index (Phi) is 6.79. The summed E-state index contributed by atoms with van der Waals surface area (Å²) in [6.07, 6.45) is 0. The highest BCUT2D eigenvalue weighted by atomic mass is 35.5. The first-order valence-corrected chi connectivity index (χ1v) is 16.8. The lowest BCUT2D eigenvalue weighted by Gasteiger charge is -2.31. The maximum atomic E-state index is 6.79. The van der Waals surface area contributed by atoms with Gasteiger partial charge in [-0.15, -0.1) is 0 Å². The number of halogens is 1. The molecule has 4 heterocycles. The van der Waals surface area contributed by atoms with Gasteiger partial charge in [0.2, 0.25) is 0 Å². The second kappa shape index (κ2) is 9.92. The lowest BCUT2D eigenvalue weighted by molar-refractivity contribution is 1.01. The molecule has 9 heteroatoms. The molecule has 8 bridgehead atoms. The van der Waals surface area contributed by atoms with E-state index in [0.29, 0.717) is 5.02 Å². The number of fused-ring (bicyclic) bond motifs is 8. The summed E-state index contributed by atoms with van der Waals surface area (Å²) in [6, 6.07) is 23.2. The standard InChI is InChI=1S/C29H34ClN7Si/c1-34-22-17-20(30)18-23(21(22)19-38(5,6)7)35(2)25-12-9-14-27(32-25)37(4)29-16-10-15-28(33-29)36(3)26-13-8-11-24(34)31-26/h8-18H,19H2,1-7H3. The molecule has 0 spiro atoms. The number of hydrogen-bond donors (Lipinski definition) is 0. The first-order chi connectivity index (χ1) is 18.0. The summed E-state index contributed by atoms with van der Waals surface area (Å²) in [5, 5.41) is 0.676. The summed E-state index contributed by atoms with van der Waals surface area (Å²) in [6.45, 7) is 7.18. The van der Waals surface area contributed by atoms with Crippen LogP contribution in [0.15, 0.2) is 66.7 Å². The van der Waals surface area contributed by atoms with E-state index in [1.165, 1.54) is 5.56 Å². The van der Waals surface area contributed by atoms with Crippen molar-refractivity contribution in [2.24, 2.45) is 0 Å². The Hall–Kier alpha value is -3.62. The molecular weight excluding hydrogens is 510 g/mol. The summed E-state index contributed by atoms with van der Waals surface area (Å²) in [4.78, 5) is 23.3. The fraction of sp³-hybridized carbons (Fsp3) is 0.276. The second-order valence-corrected chi connectivity index (χ2v) is 16.9. The van der Waals surface area contributed by atoms with Gasteiger partial charge in [0.1, 0.15) is 34.9 Å². The minimum Gasteiger partial charge on any atom is -0.329 e. The Morgan fingerprint density at radius 1 is 0.579 bits per heavy atom. The third-order valence-electron chi connectivity index (χ3n) is 6.82. The van der Waals surface area contributed by atoms with Crippen molar-refractivity contribution >= 4 is 66.0 Å². The number of rotatable bonds is 2. The summed E-state index contributed by atoms with van der Waals surface area (Å²) < 4.78 is 0. The quantitative estimate of drug-likeness (QED) is 0.245. The zero-order valence-corrected chi connectivity index (χ0v) is 24.8. The van der Waals surface area contributed by atoms with Crippen LogP contribution in [-0.4, -0.2) is 51.2 Å². The van der Waals surface area contributed by atoms with Crippen LogP contribution in [0.5, 0.6) is 0 Å². The van der Waals surface area contributed by atoms with E-state index in [0.717, 1.165) is 52.3 Å². The van der Waals surface area contributed by atoms with Crippen LogP contribution < -0.4 is 19.6 Å². The molecule has 5 rings (SSSR count). The zero-order valence-electron chi connectivity index (χ0n) is 23.1. The Morgan fingerprint density at radius 2 is 0.895 bits per heavy atom. The van der Waals surface area contributed by atoms with E-state index in [2.05, 4.69) is 55.7 Å². The highest BCUT2D eigenvalue weighted by molar-refractivity contribution is 6.75. The van der Waals surface area contributed by atoms with Gasteiger partial charge in [-0.05, 0) is 60.1 Å². The molecule has 1 aliphatic rings. The zero-order chi connectivity index (χ0) is 27.2. The van der Waals surface area contributed by atoms with Gasteiger partial charge in [0.05, 0.1) is 0 Å². The van der Waals surface area contributed by atoms with Crippen molar-refractivity contribution < 1.29 is 0 Å². The van der Waals surface area contributed by atoms with Gasteiger partial charge in [-0.3, -0.25) is 0 Å². The normalized spacial score (nSPS) is 13.7. The van der Waals surface area contributed by atoms with Crippen molar-refractivity contribution in [2.75, 3.05) is 47.8 Å². The van der Waals surface area contributed by atoms with Crippen molar-refractivity contribution in [3.63, 3.8) is 0 Å². The molecule has 0 amide bonds. The molecule has 0 radical (unpaired) electrons. The van der Waals surface area contributed by atoms with Crippen molar-refractivity contribution in [1.82, 2.24) is 15.0 Å². The number of benzene rings is 1. The first kappa shape index (κ1) is 26.0. The van der Waals surface area contributed by atoms with Gasteiger partial charge in [0, 0.05) is 52.7 Å². The molecule has 0 fully saturated rings. The van der Waals surface area contributed by atoms with Gasteiger partial charge in [-0.1, -0.05) is 49.4 Å². The molecule has 0 aliphatic carbocycles. The van der Waals surface area contributed by atoms with Crippen LogP contribution in [0.25, 0.3) is 0 Å². The molecule has 0 N–H and O–H groups in total. The molecule has 4 aromatic rings. The molecule has 0 atom stereocenters. The maximum Gasteiger partial charge on any atom is 0.136 e. The predicted molar refractivity (Wildman–Crippen MR) is 163 cm³/mol. The monoisotopic (exact) mass is 543 g/mol. The Labute approximate surface area is 231 Å². The van der Waals surface area contributed by atoms with Gasteiger partial charge < -0.3 is 19.6 Å². The average molecular weight is 544 g/mol. The van der Waals surface area contributed by atoms with Crippen molar-refractivity contribution in [3.8, 4) is 0 Å². The topological polar surface area (TPSA) is 51.6 Å². The van der Waals surface area contributed by atoms with Gasteiger partial charge in [0.15, 0.2) is 0 Å². The Bertz CT molecular complexity index is 1390. The summed E-state index contributed by atoms with van der Waals surface area (Å²) >= 11 is 6.79. The van der Waals surface area contributed by atoms with Crippen molar-refractivity contribution in [1.29, 1.82) is 0 Å². The third-order valence-corrected chi connectivity index (χ3v) is 8.45. The summed E-state index contributed by atoms with van der Waals surface area (Å²) in [5.74, 6) is 4.88. The second-order valence-electron chi connectivity index (χ2n) is 11.0. The minimum absolute atomic E-state index is 0.676. The van der Waals surface area contributed by atoms with Crippen LogP contribution in [-0.2, 0) is 6.04 Å². The highest BCUT2D eigenvalue weighted by Crippen LogP contribution is 2.40. The molecule has 38 heavy (non-hydrogen) atoms. The van der Waals surface area contributed by atoms with Crippen LogP contribution in [0.1, 0.15) is 5.56 Å². The SMILES string of the molecule is CN1c2cccc(n2)N(C)c2cccc(n2)N(C)c2cc(Cl)cc(c2C[Si](C)(C)C)N(C)c2cccc1n2. The van der Waals surface area contributed by atoms with Crippen LogP contribution >= 0.6 is 11.6 Å². The van der Waals surface area contributed by atoms with E-state index in [1.54, 1.807) is 0 Å². The predicted octanol–water partition coefficient (Wildman–Crippen LogP) is 7.33.